The van der Waals surface area contributed by atoms with Crippen LogP contribution in [-0.4, -0.2) is 25.1 Å². The summed E-state index contributed by atoms with van der Waals surface area (Å²) in [6.45, 7) is 0. The van der Waals surface area contributed by atoms with Gasteiger partial charge in [-0.25, -0.2) is 0 Å². The molecule has 152 valence electrons. The van der Waals surface area contributed by atoms with Gasteiger partial charge in [-0.15, -0.1) is 0 Å². The van der Waals surface area contributed by atoms with Crippen molar-refractivity contribution in [2.24, 2.45) is 0 Å². The molecular formula is C24H23N3O3. The van der Waals surface area contributed by atoms with Gasteiger partial charge < -0.3 is 9.47 Å². The van der Waals surface area contributed by atoms with Crippen LogP contribution >= 0.6 is 0 Å². The van der Waals surface area contributed by atoms with Gasteiger partial charge in [-0.2, -0.15) is 0 Å². The minimum atomic E-state index is -0.279. The Balaban J connectivity index is 1.59. The number of nitrogens with zero attached hydrogens (tertiary/aromatic N) is 1. The molecule has 6 nitrogen and oxygen atoms in total. The molecule has 0 fully saturated rings. The summed E-state index contributed by atoms with van der Waals surface area (Å²) in [5.41, 5.74) is 8.95. The van der Waals surface area contributed by atoms with Crippen LogP contribution in [0.3, 0.4) is 0 Å². The summed E-state index contributed by atoms with van der Waals surface area (Å²) in [6, 6.07) is 14.9. The molecule has 0 spiro atoms. The molecule has 1 heterocycles. The Labute approximate surface area is 175 Å². The second-order valence-corrected chi connectivity index (χ2v) is 6.92. The van der Waals surface area contributed by atoms with Crippen LogP contribution in [0.25, 0.3) is 10.9 Å². The van der Waals surface area contributed by atoms with Gasteiger partial charge in [0.05, 0.1) is 31.1 Å². The number of rotatable bonds is 6. The zero-order valence-corrected chi connectivity index (χ0v) is 16.9. The number of fused-ring (bicyclic) bond motifs is 1. The van der Waals surface area contributed by atoms with Gasteiger partial charge in [-0.3, -0.25) is 20.6 Å². The van der Waals surface area contributed by atoms with E-state index in [4.69, 9.17) is 14.5 Å². The van der Waals surface area contributed by atoms with Crippen LogP contribution in [0.5, 0.6) is 11.5 Å². The smallest absolute Gasteiger partial charge is 0.269 e. The summed E-state index contributed by atoms with van der Waals surface area (Å²) >= 11 is 0. The molecule has 4 rings (SSSR count). The van der Waals surface area contributed by atoms with Gasteiger partial charge in [-0.1, -0.05) is 42.5 Å². The third-order valence-corrected chi connectivity index (χ3v) is 5.05. The number of anilines is 1. The lowest BCUT2D eigenvalue weighted by molar-refractivity contribution is 0.0962. The van der Waals surface area contributed by atoms with Crippen molar-refractivity contribution in [3.05, 3.63) is 84.1 Å². The average Bonchev–Trinajstić information content (AvgIpc) is 2.82. The number of carbonyl (C=O) groups is 1. The Bertz CT molecular complexity index is 1140. The third kappa shape index (κ3) is 3.98. The lowest BCUT2D eigenvalue weighted by Crippen LogP contribution is -2.29. The van der Waals surface area contributed by atoms with E-state index in [1.165, 1.54) is 7.11 Å². The van der Waals surface area contributed by atoms with Crippen molar-refractivity contribution in [2.75, 3.05) is 19.6 Å². The van der Waals surface area contributed by atoms with E-state index in [0.717, 1.165) is 28.7 Å². The molecule has 1 aliphatic rings. The highest BCUT2D eigenvalue weighted by Crippen LogP contribution is 2.30. The van der Waals surface area contributed by atoms with Crippen LogP contribution < -0.4 is 20.3 Å². The number of benzene rings is 2. The highest BCUT2D eigenvalue weighted by atomic mass is 16.5. The lowest BCUT2D eigenvalue weighted by Gasteiger charge is -2.17. The van der Waals surface area contributed by atoms with Crippen LogP contribution in [-0.2, 0) is 0 Å². The molecule has 1 aliphatic carbocycles. The maximum atomic E-state index is 12.7. The molecule has 0 saturated heterocycles. The summed E-state index contributed by atoms with van der Waals surface area (Å²) in [6.07, 6.45) is 9.26. The zero-order valence-electron chi connectivity index (χ0n) is 16.9. The van der Waals surface area contributed by atoms with Crippen LogP contribution in [0.4, 0.5) is 5.69 Å². The van der Waals surface area contributed by atoms with E-state index in [2.05, 4.69) is 23.0 Å². The number of aromatic nitrogens is 1. The normalized spacial score (nSPS) is 15.1. The first kappa shape index (κ1) is 19.5. The number of para-hydroxylation sites is 1. The molecule has 1 amide bonds. The zero-order chi connectivity index (χ0) is 20.9. The standard InChI is InChI=1S/C24H23N3O3/c1-29-22-13-12-17(14-23(22)30-2)24(28)27-26-21-15-20(16-8-4-3-5-9-16)25-19-11-7-6-10-18(19)21/h3-8,10-16H,9H2,1-2H3,(H,25,26)(H,27,28). The Hall–Kier alpha value is -3.80. The van der Waals surface area contributed by atoms with Crippen LogP contribution in [0, 0.1) is 0 Å². The number of allylic oxidation sites excluding steroid dienone is 4. The second-order valence-electron chi connectivity index (χ2n) is 6.92. The number of pyridine rings is 1. The van der Waals surface area contributed by atoms with Crippen LogP contribution in [0.1, 0.15) is 28.4 Å². The highest BCUT2D eigenvalue weighted by molar-refractivity contribution is 5.97. The lowest BCUT2D eigenvalue weighted by atomic mass is 9.96. The summed E-state index contributed by atoms with van der Waals surface area (Å²) in [5.74, 6) is 1.00. The quantitative estimate of drug-likeness (QED) is 0.590. The minimum Gasteiger partial charge on any atom is -0.493 e. The molecule has 3 aromatic rings. The number of amides is 1. The van der Waals surface area contributed by atoms with E-state index in [1.807, 2.05) is 42.5 Å². The van der Waals surface area contributed by atoms with Crippen LogP contribution in [0.15, 0.2) is 72.8 Å². The van der Waals surface area contributed by atoms with Crippen molar-refractivity contribution in [1.82, 2.24) is 10.4 Å². The molecule has 0 saturated carbocycles. The monoisotopic (exact) mass is 401 g/mol. The summed E-state index contributed by atoms with van der Waals surface area (Å²) in [7, 11) is 3.10. The van der Waals surface area contributed by atoms with Crippen molar-refractivity contribution in [3.63, 3.8) is 0 Å². The number of nitrogens with one attached hydrogen (secondary N) is 2. The Morgan fingerprint density at radius 3 is 2.63 bits per heavy atom. The Morgan fingerprint density at radius 1 is 1.03 bits per heavy atom. The van der Waals surface area contributed by atoms with Crippen molar-refractivity contribution < 1.29 is 14.3 Å². The van der Waals surface area contributed by atoms with Gasteiger partial charge in [0.2, 0.25) is 0 Å². The van der Waals surface area contributed by atoms with Gasteiger partial charge in [-0.05, 0) is 36.8 Å². The number of hydrogen-bond acceptors (Lipinski definition) is 5. The minimum absolute atomic E-state index is 0.210. The van der Waals surface area contributed by atoms with E-state index in [9.17, 15) is 4.79 Å². The fraction of sp³-hybridized carbons (Fsp3) is 0.167. The van der Waals surface area contributed by atoms with E-state index >= 15 is 0 Å². The third-order valence-electron chi connectivity index (χ3n) is 5.05. The molecule has 1 atom stereocenters. The van der Waals surface area contributed by atoms with Crippen molar-refractivity contribution in [3.8, 4) is 11.5 Å². The molecule has 0 radical (unpaired) electrons. The number of ether oxygens (including phenoxy) is 2. The topological polar surface area (TPSA) is 72.5 Å². The first-order valence-electron chi connectivity index (χ1n) is 9.71. The second kappa shape index (κ2) is 8.69. The van der Waals surface area contributed by atoms with Crippen molar-refractivity contribution in [2.45, 2.75) is 12.3 Å². The van der Waals surface area contributed by atoms with Gasteiger partial charge in [0.1, 0.15) is 0 Å². The summed E-state index contributed by atoms with van der Waals surface area (Å²) in [4.78, 5) is 17.5. The van der Waals surface area contributed by atoms with Crippen molar-refractivity contribution >= 4 is 22.5 Å². The van der Waals surface area contributed by atoms with Gasteiger partial charge in [0, 0.05) is 16.9 Å². The molecule has 2 aromatic carbocycles. The number of carbonyl (C=O) groups excluding carboxylic acids is 1. The van der Waals surface area contributed by atoms with Crippen LogP contribution in [0.2, 0.25) is 0 Å². The Kier molecular flexibility index (Phi) is 5.66. The first-order chi connectivity index (χ1) is 14.7. The van der Waals surface area contributed by atoms with Gasteiger partial charge in [0.25, 0.3) is 5.91 Å². The largest absolute Gasteiger partial charge is 0.493 e. The SMILES string of the molecule is COc1ccc(C(=O)NNc2cc(C3C=CC=CC3)nc3ccccc23)cc1OC. The number of hydrogen-bond donors (Lipinski definition) is 2. The Morgan fingerprint density at radius 2 is 1.87 bits per heavy atom. The molecule has 6 heteroatoms. The fourth-order valence-corrected chi connectivity index (χ4v) is 3.46. The average molecular weight is 401 g/mol. The maximum absolute atomic E-state index is 12.7. The maximum Gasteiger partial charge on any atom is 0.269 e. The molecule has 0 bridgehead atoms. The predicted octanol–water partition coefficient (Wildman–Crippen LogP) is 4.61. The van der Waals surface area contributed by atoms with Gasteiger partial charge in [0.15, 0.2) is 11.5 Å². The molecule has 2 N–H and O–H groups in total. The molecule has 0 aliphatic heterocycles. The van der Waals surface area contributed by atoms with E-state index in [-0.39, 0.29) is 11.8 Å². The molecular weight excluding hydrogens is 378 g/mol. The van der Waals surface area contributed by atoms with E-state index in [0.29, 0.717) is 17.1 Å². The molecule has 1 aromatic heterocycles. The summed E-state index contributed by atoms with van der Waals surface area (Å²) in [5, 5.41) is 0.934. The molecule has 30 heavy (non-hydrogen) atoms. The van der Waals surface area contributed by atoms with E-state index < -0.39 is 0 Å². The van der Waals surface area contributed by atoms with Gasteiger partial charge >= 0.3 is 0 Å². The number of methoxy groups -OCH3 is 2. The molecule has 1 unspecified atom stereocenters. The van der Waals surface area contributed by atoms with E-state index in [1.54, 1.807) is 25.3 Å². The predicted molar refractivity (Wildman–Crippen MR) is 118 cm³/mol. The summed E-state index contributed by atoms with van der Waals surface area (Å²) < 4.78 is 10.5. The first-order valence-corrected chi connectivity index (χ1v) is 9.71. The fourth-order valence-electron chi connectivity index (χ4n) is 3.46. The highest BCUT2D eigenvalue weighted by Gasteiger charge is 2.15. The van der Waals surface area contributed by atoms with Crippen molar-refractivity contribution in [1.29, 1.82) is 0 Å². The number of hydrazine groups is 1.